The van der Waals surface area contributed by atoms with Crippen LogP contribution in [0.5, 0.6) is 0 Å². The predicted octanol–water partition coefficient (Wildman–Crippen LogP) is 2.06. The lowest BCUT2D eigenvalue weighted by atomic mass is 10.2. The number of amides is 1. The molecule has 9 nitrogen and oxygen atoms in total. The first kappa shape index (κ1) is 16.7. The standard InChI is InChI=1S/C16H19N5O4/c1-10(17-14(22)25-16(2,3)4)13-18-11-6-5-8-20(11)15(23)21(13)12-7-9-24-19-12/h5-10H,1-4H3,(H,17,22). The Morgan fingerprint density at radius 3 is 2.76 bits per heavy atom. The van der Waals surface area contributed by atoms with E-state index in [-0.39, 0.29) is 11.5 Å². The van der Waals surface area contributed by atoms with Gasteiger partial charge < -0.3 is 14.6 Å². The summed E-state index contributed by atoms with van der Waals surface area (Å²) < 4.78 is 12.8. The molecule has 9 heteroatoms. The largest absolute Gasteiger partial charge is 0.444 e. The van der Waals surface area contributed by atoms with E-state index in [4.69, 9.17) is 9.26 Å². The monoisotopic (exact) mass is 345 g/mol. The highest BCUT2D eigenvalue weighted by atomic mass is 16.6. The van der Waals surface area contributed by atoms with Crippen molar-refractivity contribution in [3.8, 4) is 5.82 Å². The van der Waals surface area contributed by atoms with Crippen molar-refractivity contribution in [2.45, 2.75) is 39.3 Å². The number of carbonyl (C=O) groups excluding carboxylic acids is 1. The summed E-state index contributed by atoms with van der Waals surface area (Å²) in [5.41, 5.74) is -0.525. The van der Waals surface area contributed by atoms with Crippen LogP contribution in [0, 0.1) is 0 Å². The van der Waals surface area contributed by atoms with E-state index in [0.29, 0.717) is 11.5 Å². The average molecular weight is 345 g/mol. The van der Waals surface area contributed by atoms with Gasteiger partial charge in [0.15, 0.2) is 5.82 Å². The molecule has 1 unspecified atom stereocenters. The molecule has 0 aliphatic heterocycles. The van der Waals surface area contributed by atoms with Crippen LogP contribution in [0.15, 0.2) is 40.0 Å². The van der Waals surface area contributed by atoms with Gasteiger partial charge in [0.2, 0.25) is 0 Å². The number of nitrogens with one attached hydrogen (secondary N) is 1. The lowest BCUT2D eigenvalue weighted by Gasteiger charge is -2.22. The number of ether oxygens (including phenoxy) is 1. The van der Waals surface area contributed by atoms with E-state index < -0.39 is 17.7 Å². The van der Waals surface area contributed by atoms with Gasteiger partial charge >= 0.3 is 11.8 Å². The zero-order valence-corrected chi connectivity index (χ0v) is 14.4. The molecule has 3 rings (SSSR count). The van der Waals surface area contributed by atoms with Crippen molar-refractivity contribution >= 4 is 11.7 Å². The zero-order valence-electron chi connectivity index (χ0n) is 14.4. The lowest BCUT2D eigenvalue weighted by molar-refractivity contribution is 0.0505. The molecule has 0 saturated heterocycles. The number of nitrogens with zero attached hydrogens (tertiary/aromatic N) is 4. The number of aromatic nitrogens is 4. The minimum Gasteiger partial charge on any atom is -0.444 e. The van der Waals surface area contributed by atoms with E-state index in [1.807, 2.05) is 0 Å². The number of rotatable bonds is 3. The fourth-order valence-electron chi connectivity index (χ4n) is 2.37. The highest BCUT2D eigenvalue weighted by Gasteiger charge is 2.23. The fraction of sp³-hybridized carbons (Fsp3) is 0.375. The second-order valence-electron chi connectivity index (χ2n) is 6.55. The molecule has 3 heterocycles. The van der Waals surface area contributed by atoms with Crippen LogP contribution in [0.4, 0.5) is 4.79 Å². The Labute approximate surface area is 143 Å². The molecule has 132 valence electrons. The molecule has 1 amide bonds. The molecule has 1 N–H and O–H groups in total. The first-order valence-corrected chi connectivity index (χ1v) is 7.76. The molecule has 1 atom stereocenters. The van der Waals surface area contributed by atoms with Gasteiger partial charge in [0.05, 0.1) is 6.04 Å². The van der Waals surface area contributed by atoms with Gasteiger partial charge in [0.25, 0.3) is 0 Å². The summed E-state index contributed by atoms with van der Waals surface area (Å²) in [5.74, 6) is 0.594. The highest BCUT2D eigenvalue weighted by molar-refractivity contribution is 5.68. The summed E-state index contributed by atoms with van der Waals surface area (Å²) in [6, 6.07) is 4.37. The maximum Gasteiger partial charge on any atom is 0.408 e. The van der Waals surface area contributed by atoms with Gasteiger partial charge in [-0.1, -0.05) is 5.16 Å². The molecule has 3 aromatic heterocycles. The molecule has 0 spiro atoms. The Hall–Kier alpha value is -3.10. The van der Waals surface area contributed by atoms with Gasteiger partial charge in [-0.3, -0.25) is 4.40 Å². The van der Waals surface area contributed by atoms with Crippen LogP contribution in [0.25, 0.3) is 11.5 Å². The van der Waals surface area contributed by atoms with E-state index in [1.165, 1.54) is 15.2 Å². The van der Waals surface area contributed by atoms with Crippen LogP contribution in [-0.4, -0.2) is 30.8 Å². The van der Waals surface area contributed by atoms with Gasteiger partial charge in [-0.05, 0) is 39.8 Å². The van der Waals surface area contributed by atoms with Crippen LogP contribution in [0.2, 0.25) is 0 Å². The maximum absolute atomic E-state index is 12.8. The van der Waals surface area contributed by atoms with Gasteiger partial charge in [-0.2, -0.15) is 0 Å². The molecular formula is C16H19N5O4. The Balaban J connectivity index is 2.04. The molecule has 0 fully saturated rings. The third kappa shape index (κ3) is 3.39. The SMILES string of the molecule is CC(NC(=O)OC(C)(C)C)c1nc2cccn2c(=O)n1-c1ccon1. The summed E-state index contributed by atoms with van der Waals surface area (Å²) in [7, 11) is 0. The van der Waals surface area contributed by atoms with Crippen molar-refractivity contribution < 1.29 is 14.1 Å². The zero-order chi connectivity index (χ0) is 18.2. The number of fused-ring (bicyclic) bond motifs is 1. The van der Waals surface area contributed by atoms with E-state index >= 15 is 0 Å². The third-order valence-electron chi connectivity index (χ3n) is 3.36. The third-order valence-corrected chi connectivity index (χ3v) is 3.36. The van der Waals surface area contributed by atoms with Crippen LogP contribution in [0.1, 0.15) is 39.6 Å². The minimum absolute atomic E-state index is 0.279. The van der Waals surface area contributed by atoms with Crippen molar-refractivity contribution in [3.05, 3.63) is 47.0 Å². The van der Waals surface area contributed by atoms with Crippen LogP contribution >= 0.6 is 0 Å². The van der Waals surface area contributed by atoms with Gasteiger partial charge in [-0.15, -0.1) is 0 Å². The van der Waals surface area contributed by atoms with Crippen LogP contribution in [-0.2, 0) is 4.74 Å². The molecule has 0 radical (unpaired) electrons. The number of alkyl carbamates (subject to hydrolysis) is 1. The number of carbonyl (C=O) groups is 1. The van der Waals surface area contributed by atoms with E-state index in [9.17, 15) is 9.59 Å². The smallest absolute Gasteiger partial charge is 0.408 e. The summed E-state index contributed by atoms with van der Waals surface area (Å²) in [6.07, 6.45) is 2.37. The van der Waals surface area contributed by atoms with Crippen molar-refractivity contribution in [2.75, 3.05) is 0 Å². The summed E-state index contributed by atoms with van der Waals surface area (Å²) in [4.78, 5) is 29.3. The average Bonchev–Trinajstić information content (AvgIpc) is 3.15. The lowest BCUT2D eigenvalue weighted by Crippen LogP contribution is -2.38. The molecule has 0 aromatic carbocycles. The Kier molecular flexibility index (Phi) is 4.07. The van der Waals surface area contributed by atoms with Gasteiger partial charge in [0.1, 0.15) is 23.3 Å². The van der Waals surface area contributed by atoms with Gasteiger partial charge in [-0.25, -0.2) is 19.1 Å². The molecule has 25 heavy (non-hydrogen) atoms. The molecule has 0 aliphatic rings. The molecule has 0 aliphatic carbocycles. The normalized spacial score (nSPS) is 13.0. The second kappa shape index (κ2) is 6.08. The molecule has 3 aromatic rings. The second-order valence-corrected chi connectivity index (χ2v) is 6.55. The number of hydrogen-bond acceptors (Lipinski definition) is 6. The fourth-order valence-corrected chi connectivity index (χ4v) is 2.37. The first-order chi connectivity index (χ1) is 11.8. The minimum atomic E-state index is -0.630. The summed E-state index contributed by atoms with van der Waals surface area (Å²) in [6.45, 7) is 7.02. The number of hydrogen-bond donors (Lipinski definition) is 1. The van der Waals surface area contributed by atoms with Crippen LogP contribution < -0.4 is 11.0 Å². The molecular weight excluding hydrogens is 326 g/mol. The first-order valence-electron chi connectivity index (χ1n) is 7.76. The molecule has 0 bridgehead atoms. The predicted molar refractivity (Wildman–Crippen MR) is 88.6 cm³/mol. The quantitative estimate of drug-likeness (QED) is 0.779. The van der Waals surface area contributed by atoms with E-state index in [0.717, 1.165) is 0 Å². The Morgan fingerprint density at radius 1 is 1.36 bits per heavy atom. The Bertz CT molecular complexity index is 949. The maximum atomic E-state index is 12.8. The topological polar surface area (TPSA) is 104 Å². The van der Waals surface area contributed by atoms with Crippen molar-refractivity contribution in [1.29, 1.82) is 0 Å². The summed E-state index contributed by atoms with van der Waals surface area (Å²) >= 11 is 0. The Morgan fingerprint density at radius 2 is 2.12 bits per heavy atom. The van der Waals surface area contributed by atoms with Gasteiger partial charge in [0, 0.05) is 12.3 Å². The van der Waals surface area contributed by atoms with Crippen molar-refractivity contribution in [2.24, 2.45) is 0 Å². The van der Waals surface area contributed by atoms with Crippen molar-refractivity contribution in [3.63, 3.8) is 0 Å². The van der Waals surface area contributed by atoms with E-state index in [2.05, 4.69) is 15.5 Å². The summed E-state index contributed by atoms with van der Waals surface area (Å²) in [5, 5.41) is 6.50. The molecule has 0 saturated carbocycles. The van der Waals surface area contributed by atoms with Crippen molar-refractivity contribution in [1.82, 2.24) is 24.4 Å². The van der Waals surface area contributed by atoms with E-state index in [1.54, 1.807) is 52.1 Å². The highest BCUT2D eigenvalue weighted by Crippen LogP contribution is 2.15. The van der Waals surface area contributed by atoms with Crippen LogP contribution in [0.3, 0.4) is 0 Å².